The van der Waals surface area contributed by atoms with E-state index in [1.54, 1.807) is 0 Å². The highest BCUT2D eigenvalue weighted by atomic mass is 15.1. The highest BCUT2D eigenvalue weighted by Gasteiger charge is 2.20. The lowest BCUT2D eigenvalue weighted by Gasteiger charge is -2.27. The minimum atomic E-state index is 0.849. The Morgan fingerprint density at radius 1 is 1.09 bits per heavy atom. The molecule has 0 N–H and O–H groups in total. The van der Waals surface area contributed by atoms with Crippen LogP contribution < -0.4 is 0 Å². The van der Waals surface area contributed by atoms with Crippen LogP contribution in [-0.2, 0) is 19.5 Å². The van der Waals surface area contributed by atoms with Crippen LogP contribution >= 0.6 is 0 Å². The molecule has 4 heterocycles. The summed E-state index contributed by atoms with van der Waals surface area (Å²) >= 11 is 0. The van der Waals surface area contributed by atoms with E-state index in [0.717, 1.165) is 56.3 Å². The second-order valence-electron chi connectivity index (χ2n) is 6.23. The maximum absolute atomic E-state index is 4.79. The summed E-state index contributed by atoms with van der Waals surface area (Å²) in [5, 5.41) is 0. The molecule has 0 fully saturated rings. The third kappa shape index (κ3) is 3.29. The van der Waals surface area contributed by atoms with Gasteiger partial charge in [0.15, 0.2) is 5.82 Å². The van der Waals surface area contributed by atoms with Gasteiger partial charge in [-0.2, -0.15) is 0 Å². The second-order valence-corrected chi connectivity index (χ2v) is 6.23. The number of pyridine rings is 1. The van der Waals surface area contributed by atoms with Gasteiger partial charge in [-0.3, -0.25) is 14.9 Å². The van der Waals surface area contributed by atoms with Gasteiger partial charge in [0.05, 0.1) is 17.1 Å². The minimum absolute atomic E-state index is 0.849. The number of rotatable bonds is 3. The molecule has 0 saturated carbocycles. The molecule has 0 radical (unpaired) electrons. The van der Waals surface area contributed by atoms with E-state index >= 15 is 0 Å². The maximum Gasteiger partial charge on any atom is 0.173 e. The van der Waals surface area contributed by atoms with Gasteiger partial charge in [-0.25, -0.2) is 9.97 Å². The number of nitrogens with zero attached hydrogens (tertiary/aromatic N) is 5. The van der Waals surface area contributed by atoms with E-state index in [1.807, 2.05) is 24.5 Å². The normalized spacial score (nSPS) is 18.3. The van der Waals surface area contributed by atoms with Gasteiger partial charge in [0, 0.05) is 50.6 Å². The van der Waals surface area contributed by atoms with Gasteiger partial charge in [0.2, 0.25) is 0 Å². The zero-order chi connectivity index (χ0) is 15.5. The van der Waals surface area contributed by atoms with Crippen molar-refractivity contribution < 1.29 is 0 Å². The van der Waals surface area contributed by atoms with Gasteiger partial charge in [-0.15, -0.1) is 0 Å². The van der Waals surface area contributed by atoms with Crippen molar-refractivity contribution in [3.63, 3.8) is 0 Å². The van der Waals surface area contributed by atoms with Crippen molar-refractivity contribution in [1.29, 1.82) is 0 Å². The van der Waals surface area contributed by atoms with Crippen molar-refractivity contribution in [3.8, 4) is 0 Å². The highest BCUT2D eigenvalue weighted by Crippen LogP contribution is 2.19. The lowest BCUT2D eigenvalue weighted by molar-refractivity contribution is 0.240. The average Bonchev–Trinajstić information content (AvgIpc) is 2.63. The zero-order valence-electron chi connectivity index (χ0n) is 13.3. The van der Waals surface area contributed by atoms with Crippen LogP contribution in [0.25, 0.3) is 0 Å². The minimum Gasteiger partial charge on any atom is -0.293 e. The Kier molecular flexibility index (Phi) is 4.11. The number of fused-ring (bicyclic) bond motifs is 1. The van der Waals surface area contributed by atoms with Crippen molar-refractivity contribution >= 4 is 5.71 Å². The van der Waals surface area contributed by atoms with Crippen molar-refractivity contribution in [2.45, 2.75) is 38.8 Å². The molecule has 0 bridgehead atoms. The summed E-state index contributed by atoms with van der Waals surface area (Å²) in [7, 11) is 0. The Bertz CT molecular complexity index is 711. The standard InChI is InChI=1S/C18H21N5/c1-3-8-19-15(5-1)13-23-10-7-16-14(12-23)11-21-18(22-16)17-6-2-4-9-20-17/h1,3,5,8,11H,2,4,6-7,9-10,12-13H2. The first kappa shape index (κ1) is 14.5. The third-order valence-corrected chi connectivity index (χ3v) is 4.51. The van der Waals surface area contributed by atoms with E-state index in [-0.39, 0.29) is 0 Å². The SMILES string of the molecule is c1ccc(CN2CCc3nc(C4=NCCCC4)ncc3C2)nc1. The first-order valence-electron chi connectivity index (χ1n) is 8.39. The van der Waals surface area contributed by atoms with Gasteiger partial charge < -0.3 is 0 Å². The molecule has 0 aromatic carbocycles. The summed E-state index contributed by atoms with van der Waals surface area (Å²) in [6, 6.07) is 6.08. The van der Waals surface area contributed by atoms with E-state index < -0.39 is 0 Å². The molecule has 2 aliphatic rings. The predicted molar refractivity (Wildman–Crippen MR) is 89.3 cm³/mol. The van der Waals surface area contributed by atoms with E-state index in [4.69, 9.17) is 4.98 Å². The smallest absolute Gasteiger partial charge is 0.173 e. The molecular formula is C18H21N5. The van der Waals surface area contributed by atoms with Gasteiger partial charge in [-0.1, -0.05) is 6.07 Å². The van der Waals surface area contributed by atoms with Crippen LogP contribution in [0, 0.1) is 0 Å². The molecule has 118 valence electrons. The summed E-state index contributed by atoms with van der Waals surface area (Å²) in [5.74, 6) is 0.849. The molecule has 2 aromatic rings. The molecule has 0 aliphatic carbocycles. The maximum atomic E-state index is 4.79. The number of hydrogen-bond donors (Lipinski definition) is 0. The molecule has 0 unspecified atom stereocenters. The molecule has 0 amide bonds. The van der Waals surface area contributed by atoms with Gasteiger partial charge >= 0.3 is 0 Å². The van der Waals surface area contributed by atoms with Crippen LogP contribution in [0.15, 0.2) is 35.6 Å². The van der Waals surface area contributed by atoms with E-state index in [9.17, 15) is 0 Å². The van der Waals surface area contributed by atoms with E-state index in [0.29, 0.717) is 0 Å². The predicted octanol–water partition coefficient (Wildman–Crippen LogP) is 2.40. The molecule has 2 aromatic heterocycles. The van der Waals surface area contributed by atoms with E-state index in [2.05, 4.69) is 25.9 Å². The molecule has 23 heavy (non-hydrogen) atoms. The Labute approximate surface area is 136 Å². The van der Waals surface area contributed by atoms with Crippen LogP contribution in [0.5, 0.6) is 0 Å². The summed E-state index contributed by atoms with van der Waals surface area (Å²) in [5.41, 5.74) is 4.65. The number of aliphatic imine (C=N–C) groups is 1. The Morgan fingerprint density at radius 3 is 2.91 bits per heavy atom. The van der Waals surface area contributed by atoms with Gasteiger partial charge in [0.1, 0.15) is 0 Å². The fraction of sp³-hybridized carbons (Fsp3) is 0.444. The number of hydrogen-bond acceptors (Lipinski definition) is 5. The Morgan fingerprint density at radius 2 is 2.09 bits per heavy atom. The van der Waals surface area contributed by atoms with Crippen LogP contribution in [0.2, 0.25) is 0 Å². The van der Waals surface area contributed by atoms with Crippen LogP contribution in [0.4, 0.5) is 0 Å². The Balaban J connectivity index is 1.49. The molecule has 4 rings (SSSR count). The molecule has 0 saturated heterocycles. The van der Waals surface area contributed by atoms with E-state index in [1.165, 1.54) is 24.1 Å². The average molecular weight is 307 g/mol. The van der Waals surface area contributed by atoms with Crippen molar-refractivity contribution in [3.05, 3.63) is 53.4 Å². The third-order valence-electron chi connectivity index (χ3n) is 4.51. The Hall–Kier alpha value is -2.14. The first-order valence-corrected chi connectivity index (χ1v) is 8.39. The molecule has 0 spiro atoms. The fourth-order valence-electron chi connectivity index (χ4n) is 3.25. The quantitative estimate of drug-likeness (QED) is 0.874. The molecule has 5 heteroatoms. The largest absolute Gasteiger partial charge is 0.293 e. The van der Waals surface area contributed by atoms with Crippen molar-refractivity contribution in [2.75, 3.05) is 13.1 Å². The lowest BCUT2D eigenvalue weighted by atomic mass is 10.1. The molecule has 0 atom stereocenters. The summed E-state index contributed by atoms with van der Waals surface area (Å²) in [4.78, 5) is 20.8. The van der Waals surface area contributed by atoms with Crippen LogP contribution in [-0.4, -0.2) is 38.7 Å². The molecular weight excluding hydrogens is 286 g/mol. The fourth-order valence-corrected chi connectivity index (χ4v) is 3.25. The zero-order valence-corrected chi connectivity index (χ0v) is 13.3. The topological polar surface area (TPSA) is 54.3 Å². The van der Waals surface area contributed by atoms with Crippen molar-refractivity contribution in [1.82, 2.24) is 19.9 Å². The van der Waals surface area contributed by atoms with Crippen LogP contribution in [0.1, 0.15) is 42.0 Å². The van der Waals surface area contributed by atoms with Crippen molar-refractivity contribution in [2.24, 2.45) is 4.99 Å². The lowest BCUT2D eigenvalue weighted by Crippen LogP contribution is -2.31. The van der Waals surface area contributed by atoms with Gasteiger partial charge in [0.25, 0.3) is 0 Å². The highest BCUT2D eigenvalue weighted by molar-refractivity contribution is 5.97. The monoisotopic (exact) mass is 307 g/mol. The summed E-state index contributed by atoms with van der Waals surface area (Å²) in [6.45, 7) is 3.73. The van der Waals surface area contributed by atoms with Gasteiger partial charge in [-0.05, 0) is 31.4 Å². The summed E-state index contributed by atoms with van der Waals surface area (Å²) < 4.78 is 0. The molecule has 5 nitrogen and oxygen atoms in total. The number of aromatic nitrogens is 3. The molecule has 2 aliphatic heterocycles. The first-order chi connectivity index (χ1) is 11.4. The van der Waals surface area contributed by atoms with Crippen LogP contribution in [0.3, 0.4) is 0 Å². The second kappa shape index (κ2) is 6.54. The summed E-state index contributed by atoms with van der Waals surface area (Å²) in [6.07, 6.45) is 8.25.